The standard InChI is InChI=1S/Ca.2HO3P/c;2*1-4(2)3/h;2*(H-,1,2,3)/p+2. The maximum absolute atomic E-state index is 8.70. The molecule has 0 amide bonds. The molecule has 0 aliphatic carbocycles. The summed E-state index contributed by atoms with van der Waals surface area (Å²) >= 11 is 0. The molecule has 4 N–H and O–H groups in total. The van der Waals surface area contributed by atoms with Crippen LogP contribution in [0.2, 0.25) is 0 Å². The van der Waals surface area contributed by atoms with E-state index < -0.39 is 16.5 Å². The first-order valence-corrected chi connectivity index (χ1v) is 3.50. The van der Waals surface area contributed by atoms with Gasteiger partial charge in [0.05, 0.1) is 0 Å². The third-order valence-electron chi connectivity index (χ3n) is 0. The van der Waals surface area contributed by atoms with Crippen LogP contribution < -0.4 is 0 Å². The molecular formula is H4CaO6P2+2. The van der Waals surface area contributed by atoms with Crippen LogP contribution in [0, 0.1) is 0 Å². The summed E-state index contributed by atoms with van der Waals surface area (Å²) in [5.74, 6) is 0. The van der Waals surface area contributed by atoms with Crippen LogP contribution in [0.1, 0.15) is 0 Å². The van der Waals surface area contributed by atoms with Gasteiger partial charge in [0.15, 0.2) is 0 Å². The Hall–Kier alpha value is 1.30. The van der Waals surface area contributed by atoms with Gasteiger partial charge >= 0.3 is 16.5 Å². The van der Waals surface area contributed by atoms with Crippen molar-refractivity contribution in [2.24, 2.45) is 0 Å². The van der Waals surface area contributed by atoms with Crippen LogP contribution in [0.25, 0.3) is 0 Å². The van der Waals surface area contributed by atoms with Gasteiger partial charge in [0.25, 0.3) is 0 Å². The quantitative estimate of drug-likeness (QED) is 0.292. The largest absolute Gasteiger partial charge is 0.692 e. The monoisotopic (exact) mass is 202 g/mol. The maximum Gasteiger partial charge on any atom is 0.692 e. The van der Waals surface area contributed by atoms with Crippen molar-refractivity contribution in [3.8, 4) is 0 Å². The van der Waals surface area contributed by atoms with E-state index in [0.717, 1.165) is 0 Å². The Morgan fingerprint density at radius 1 is 0.778 bits per heavy atom. The molecule has 6 nitrogen and oxygen atoms in total. The molecule has 9 heteroatoms. The van der Waals surface area contributed by atoms with E-state index >= 15 is 0 Å². The van der Waals surface area contributed by atoms with Crippen LogP contribution in [0.15, 0.2) is 0 Å². The zero-order chi connectivity index (χ0) is 7.15. The van der Waals surface area contributed by atoms with Gasteiger partial charge in [-0.05, 0) is 0 Å². The third kappa shape index (κ3) is 293. The fraction of sp³-hybridized carbons (Fsp3) is 0. The van der Waals surface area contributed by atoms with E-state index in [1.165, 1.54) is 0 Å². The maximum atomic E-state index is 8.70. The van der Waals surface area contributed by atoms with Crippen molar-refractivity contribution >= 4 is 54.2 Å². The summed E-state index contributed by atoms with van der Waals surface area (Å²) in [6, 6.07) is 0. The topological polar surface area (TPSA) is 115 Å². The zero-order valence-corrected chi connectivity index (χ0v) is 8.20. The average Bonchev–Trinajstić information content (AvgIpc) is 1.25. The summed E-state index contributed by atoms with van der Waals surface area (Å²) in [5, 5.41) is 0. The zero-order valence-electron chi connectivity index (χ0n) is 4.21. The molecule has 2 radical (unpaired) electrons. The Morgan fingerprint density at radius 3 is 0.778 bits per heavy atom. The minimum atomic E-state index is -2.87. The molecule has 0 saturated heterocycles. The van der Waals surface area contributed by atoms with Gasteiger partial charge in [0.1, 0.15) is 0 Å². The molecule has 0 bridgehead atoms. The van der Waals surface area contributed by atoms with Gasteiger partial charge in [-0.25, -0.2) is 0 Å². The van der Waals surface area contributed by atoms with Crippen LogP contribution >= 0.6 is 16.5 Å². The van der Waals surface area contributed by atoms with Gasteiger partial charge in [-0.15, -0.1) is 19.6 Å². The van der Waals surface area contributed by atoms with E-state index in [2.05, 4.69) is 0 Å². The summed E-state index contributed by atoms with van der Waals surface area (Å²) in [5.41, 5.74) is 0. The fourth-order valence-corrected chi connectivity index (χ4v) is 0. The SMILES string of the molecule is O=[P+](O)O.O=[P+](O)O.[Ca]. The van der Waals surface area contributed by atoms with Crippen LogP contribution in [-0.4, -0.2) is 57.3 Å². The number of rotatable bonds is 0. The second kappa shape index (κ2) is 12.0. The van der Waals surface area contributed by atoms with E-state index in [1.54, 1.807) is 0 Å². The van der Waals surface area contributed by atoms with Gasteiger partial charge in [-0.3, -0.25) is 0 Å². The molecule has 9 heavy (non-hydrogen) atoms. The van der Waals surface area contributed by atoms with E-state index in [9.17, 15) is 0 Å². The number of hydrogen-bond acceptors (Lipinski definition) is 2. The van der Waals surface area contributed by atoms with E-state index in [4.69, 9.17) is 28.7 Å². The number of hydrogen-bond donors (Lipinski definition) is 4. The van der Waals surface area contributed by atoms with Crippen molar-refractivity contribution in [3.05, 3.63) is 0 Å². The van der Waals surface area contributed by atoms with Gasteiger partial charge in [-0.1, -0.05) is 0 Å². The molecule has 0 atom stereocenters. The van der Waals surface area contributed by atoms with Gasteiger partial charge in [-0.2, -0.15) is 0 Å². The predicted molar refractivity (Wildman–Crippen MR) is 29.8 cm³/mol. The van der Waals surface area contributed by atoms with Gasteiger partial charge in [0.2, 0.25) is 0 Å². The van der Waals surface area contributed by atoms with Crippen molar-refractivity contribution in [1.29, 1.82) is 0 Å². The molecule has 0 saturated carbocycles. The third-order valence-corrected chi connectivity index (χ3v) is 0. The van der Waals surface area contributed by atoms with Gasteiger partial charge < -0.3 is 0 Å². The molecule has 0 aromatic heterocycles. The molecule has 0 aliphatic rings. The minimum Gasteiger partial charge on any atom is -0.134 e. The van der Waals surface area contributed by atoms with E-state index in [0.29, 0.717) is 0 Å². The molecular weight excluding hydrogens is 198 g/mol. The molecule has 50 valence electrons. The molecule has 0 spiro atoms. The second-order valence-corrected chi connectivity index (χ2v) is 1.52. The fourth-order valence-electron chi connectivity index (χ4n) is 0. The van der Waals surface area contributed by atoms with Crippen LogP contribution in [0.3, 0.4) is 0 Å². The minimum absolute atomic E-state index is 0. The first-order valence-electron chi connectivity index (χ1n) is 1.17. The molecule has 0 aromatic carbocycles. The summed E-state index contributed by atoms with van der Waals surface area (Å²) in [6.45, 7) is 0. The summed E-state index contributed by atoms with van der Waals surface area (Å²) < 4.78 is 17.4. The summed E-state index contributed by atoms with van der Waals surface area (Å²) in [4.78, 5) is 28.5. The molecule has 0 unspecified atom stereocenters. The van der Waals surface area contributed by atoms with Crippen molar-refractivity contribution < 1.29 is 28.7 Å². The van der Waals surface area contributed by atoms with Crippen molar-refractivity contribution in [2.45, 2.75) is 0 Å². The normalized spacial score (nSPS) is 5.78. The predicted octanol–water partition coefficient (Wildman–Crippen LogP) is -1.12. The first-order chi connectivity index (χ1) is 3.46. The Bertz CT molecular complexity index is 69.1. The first kappa shape index (κ1) is 16.7. The second-order valence-electron chi connectivity index (χ2n) is 0.505. The molecule has 0 fully saturated rings. The molecule has 0 heterocycles. The molecule has 0 rings (SSSR count). The van der Waals surface area contributed by atoms with E-state index in [-0.39, 0.29) is 37.7 Å². The Labute approximate surface area is 82.4 Å². The Kier molecular flexibility index (Phi) is 22.3. The van der Waals surface area contributed by atoms with Crippen LogP contribution in [0.4, 0.5) is 0 Å². The van der Waals surface area contributed by atoms with Gasteiger partial charge in [0, 0.05) is 46.9 Å². The Morgan fingerprint density at radius 2 is 0.778 bits per heavy atom. The molecule has 0 aliphatic heterocycles. The van der Waals surface area contributed by atoms with Crippen LogP contribution in [0.5, 0.6) is 0 Å². The van der Waals surface area contributed by atoms with Crippen molar-refractivity contribution in [3.63, 3.8) is 0 Å². The smallest absolute Gasteiger partial charge is 0.134 e. The van der Waals surface area contributed by atoms with E-state index in [1.807, 2.05) is 0 Å². The van der Waals surface area contributed by atoms with Crippen molar-refractivity contribution in [2.75, 3.05) is 0 Å². The average molecular weight is 202 g/mol. The summed E-state index contributed by atoms with van der Waals surface area (Å²) in [7, 11) is -5.74. The molecule has 0 aromatic rings. The van der Waals surface area contributed by atoms with Crippen LogP contribution in [-0.2, 0) is 9.13 Å². The van der Waals surface area contributed by atoms with Crippen molar-refractivity contribution in [1.82, 2.24) is 0 Å². The summed E-state index contributed by atoms with van der Waals surface area (Å²) in [6.07, 6.45) is 0. The Balaban J connectivity index is -0.0000000720.